The molecule has 0 saturated carbocycles. The molecule has 6 heteroatoms. The Bertz CT molecular complexity index is 875. The zero-order valence-corrected chi connectivity index (χ0v) is 15.6. The highest BCUT2D eigenvalue weighted by molar-refractivity contribution is 7.98. The molecule has 0 aliphatic rings. The normalized spacial score (nSPS) is 10.6. The molecule has 0 saturated heterocycles. The molecular weight excluding hydrogens is 360 g/mol. The minimum Gasteiger partial charge on any atom is -0.322 e. The van der Waals surface area contributed by atoms with Crippen LogP contribution < -0.4 is 5.32 Å². The topological polar surface area (TPSA) is 42.0 Å². The van der Waals surface area contributed by atoms with E-state index in [4.69, 9.17) is 11.6 Å². The van der Waals surface area contributed by atoms with Gasteiger partial charge in [0.05, 0.1) is 15.7 Å². The molecule has 122 valence electrons. The average molecular weight is 375 g/mol. The van der Waals surface area contributed by atoms with Gasteiger partial charge in [-0.3, -0.25) is 4.79 Å². The van der Waals surface area contributed by atoms with Crippen molar-refractivity contribution >= 4 is 46.3 Å². The highest BCUT2D eigenvalue weighted by atomic mass is 35.5. The Hall–Kier alpha value is -1.82. The summed E-state index contributed by atoms with van der Waals surface area (Å²) in [5.74, 6) is -0.157. The van der Waals surface area contributed by atoms with Crippen LogP contribution in [0.5, 0.6) is 0 Å². The maximum Gasteiger partial charge on any atom is 0.255 e. The van der Waals surface area contributed by atoms with Gasteiger partial charge in [0.25, 0.3) is 5.91 Å². The van der Waals surface area contributed by atoms with Crippen molar-refractivity contribution in [1.82, 2.24) is 4.98 Å². The minimum absolute atomic E-state index is 0.157. The highest BCUT2D eigenvalue weighted by Gasteiger charge is 2.10. The van der Waals surface area contributed by atoms with Crippen molar-refractivity contribution in [2.75, 3.05) is 11.6 Å². The molecule has 0 spiro atoms. The fraction of sp³-hybridized carbons (Fsp3) is 0.111. The van der Waals surface area contributed by atoms with Crippen LogP contribution in [0.4, 0.5) is 5.69 Å². The van der Waals surface area contributed by atoms with Gasteiger partial charge in [0, 0.05) is 27.1 Å². The number of halogens is 1. The van der Waals surface area contributed by atoms with Gasteiger partial charge in [-0.25, -0.2) is 4.98 Å². The lowest BCUT2D eigenvalue weighted by Crippen LogP contribution is -2.11. The summed E-state index contributed by atoms with van der Waals surface area (Å²) >= 11 is 9.58. The Kier molecular flexibility index (Phi) is 5.23. The van der Waals surface area contributed by atoms with Crippen molar-refractivity contribution < 1.29 is 4.79 Å². The molecule has 2 aromatic carbocycles. The van der Waals surface area contributed by atoms with E-state index >= 15 is 0 Å². The Balaban J connectivity index is 1.77. The predicted octanol–water partition coefficient (Wildman–Crippen LogP) is 5.75. The number of thiazole rings is 1. The average Bonchev–Trinajstić information content (AvgIpc) is 3.01. The third-order valence-electron chi connectivity index (χ3n) is 3.47. The van der Waals surface area contributed by atoms with E-state index in [1.165, 1.54) is 0 Å². The van der Waals surface area contributed by atoms with Crippen LogP contribution in [0.3, 0.4) is 0 Å². The number of thioether (sulfide) groups is 1. The maximum absolute atomic E-state index is 12.3. The summed E-state index contributed by atoms with van der Waals surface area (Å²) < 4.78 is 0. The number of hydrogen-bond acceptors (Lipinski definition) is 4. The standard InChI is InChI=1S/C18H15ClN2OS2/c1-11-20-17(10-24-11)15-8-5-13(9-16(15)19)21-18(22)12-3-6-14(23-2)7-4-12/h3-10H,1-2H3,(H,21,22). The third kappa shape index (κ3) is 3.80. The molecule has 0 aliphatic heterocycles. The van der Waals surface area contributed by atoms with E-state index in [9.17, 15) is 4.79 Å². The summed E-state index contributed by atoms with van der Waals surface area (Å²) in [6.07, 6.45) is 2.00. The van der Waals surface area contributed by atoms with E-state index < -0.39 is 0 Å². The lowest BCUT2D eigenvalue weighted by molar-refractivity contribution is 0.102. The SMILES string of the molecule is CSc1ccc(C(=O)Nc2ccc(-c3csc(C)n3)c(Cl)c2)cc1. The van der Waals surface area contributed by atoms with E-state index in [0.717, 1.165) is 21.2 Å². The van der Waals surface area contributed by atoms with Gasteiger partial charge in [-0.05, 0) is 55.6 Å². The molecular formula is C18H15ClN2OS2. The molecule has 1 N–H and O–H groups in total. The lowest BCUT2D eigenvalue weighted by Gasteiger charge is -2.08. The summed E-state index contributed by atoms with van der Waals surface area (Å²) in [7, 11) is 0. The first-order valence-corrected chi connectivity index (χ1v) is 9.72. The van der Waals surface area contributed by atoms with Gasteiger partial charge < -0.3 is 5.32 Å². The van der Waals surface area contributed by atoms with E-state index in [1.807, 2.05) is 55.0 Å². The number of carbonyl (C=O) groups excluding carboxylic acids is 1. The summed E-state index contributed by atoms with van der Waals surface area (Å²) in [5, 5.41) is 6.41. The number of aryl methyl sites for hydroxylation is 1. The molecule has 0 bridgehead atoms. The van der Waals surface area contributed by atoms with E-state index in [2.05, 4.69) is 10.3 Å². The second-order valence-electron chi connectivity index (χ2n) is 5.13. The highest BCUT2D eigenvalue weighted by Crippen LogP contribution is 2.31. The number of rotatable bonds is 4. The van der Waals surface area contributed by atoms with Crippen molar-refractivity contribution in [1.29, 1.82) is 0 Å². The Morgan fingerprint density at radius 2 is 1.96 bits per heavy atom. The first-order chi connectivity index (χ1) is 11.6. The van der Waals surface area contributed by atoms with Crippen molar-refractivity contribution in [3.63, 3.8) is 0 Å². The van der Waals surface area contributed by atoms with Crippen LogP contribution in [0.15, 0.2) is 52.7 Å². The summed E-state index contributed by atoms with van der Waals surface area (Å²) in [4.78, 5) is 17.9. The summed E-state index contributed by atoms with van der Waals surface area (Å²) in [5.41, 5.74) is 2.99. The molecule has 0 unspecified atom stereocenters. The van der Waals surface area contributed by atoms with Gasteiger partial charge in [0.1, 0.15) is 0 Å². The zero-order valence-electron chi connectivity index (χ0n) is 13.2. The summed E-state index contributed by atoms with van der Waals surface area (Å²) in [6, 6.07) is 13.0. The third-order valence-corrected chi connectivity index (χ3v) is 5.30. The van der Waals surface area contributed by atoms with Crippen LogP contribution in [0.1, 0.15) is 15.4 Å². The molecule has 3 aromatic rings. The molecule has 1 aromatic heterocycles. The second kappa shape index (κ2) is 7.38. The molecule has 1 heterocycles. The van der Waals surface area contributed by atoms with Crippen molar-refractivity contribution in [2.24, 2.45) is 0 Å². The molecule has 24 heavy (non-hydrogen) atoms. The van der Waals surface area contributed by atoms with Crippen molar-refractivity contribution in [3.8, 4) is 11.3 Å². The smallest absolute Gasteiger partial charge is 0.255 e. The van der Waals surface area contributed by atoms with E-state index in [1.54, 1.807) is 29.2 Å². The zero-order chi connectivity index (χ0) is 17.1. The fourth-order valence-electron chi connectivity index (χ4n) is 2.23. The number of nitrogens with one attached hydrogen (secondary N) is 1. The van der Waals surface area contributed by atoms with E-state index in [-0.39, 0.29) is 5.91 Å². The maximum atomic E-state index is 12.3. The number of anilines is 1. The number of amides is 1. The minimum atomic E-state index is -0.157. The van der Waals surface area contributed by atoms with Crippen molar-refractivity contribution in [3.05, 3.63) is 63.4 Å². The second-order valence-corrected chi connectivity index (χ2v) is 7.48. The molecule has 1 amide bonds. The van der Waals surface area contributed by atoms with Crippen LogP contribution in [-0.4, -0.2) is 17.1 Å². The van der Waals surface area contributed by atoms with Gasteiger partial charge >= 0.3 is 0 Å². The first kappa shape index (κ1) is 17.0. The molecule has 0 atom stereocenters. The van der Waals surface area contributed by atoms with E-state index in [0.29, 0.717) is 16.3 Å². The number of hydrogen-bond donors (Lipinski definition) is 1. The van der Waals surface area contributed by atoms with Crippen LogP contribution in [0, 0.1) is 6.92 Å². The Morgan fingerprint density at radius 1 is 1.21 bits per heavy atom. The van der Waals surface area contributed by atoms with Gasteiger partial charge in [-0.15, -0.1) is 23.1 Å². The number of aromatic nitrogens is 1. The molecule has 3 nitrogen and oxygen atoms in total. The lowest BCUT2D eigenvalue weighted by atomic mass is 10.1. The van der Waals surface area contributed by atoms with Crippen LogP contribution in [0.2, 0.25) is 5.02 Å². The first-order valence-electron chi connectivity index (χ1n) is 7.24. The monoisotopic (exact) mass is 374 g/mol. The number of nitrogens with zero attached hydrogens (tertiary/aromatic N) is 1. The Morgan fingerprint density at radius 3 is 2.54 bits per heavy atom. The van der Waals surface area contributed by atoms with Crippen LogP contribution in [-0.2, 0) is 0 Å². The molecule has 0 aliphatic carbocycles. The van der Waals surface area contributed by atoms with Crippen LogP contribution in [0.25, 0.3) is 11.3 Å². The molecule has 0 fully saturated rings. The van der Waals surface area contributed by atoms with Crippen molar-refractivity contribution in [2.45, 2.75) is 11.8 Å². The predicted molar refractivity (Wildman–Crippen MR) is 103 cm³/mol. The Labute approximate surface area is 154 Å². The van der Waals surface area contributed by atoms with Gasteiger partial charge in [0.2, 0.25) is 0 Å². The number of benzene rings is 2. The molecule has 3 rings (SSSR count). The fourth-order valence-corrected chi connectivity index (χ4v) is 3.53. The summed E-state index contributed by atoms with van der Waals surface area (Å²) in [6.45, 7) is 1.96. The van der Waals surface area contributed by atoms with Crippen LogP contribution >= 0.6 is 34.7 Å². The van der Waals surface area contributed by atoms with Gasteiger partial charge in [-0.2, -0.15) is 0 Å². The largest absolute Gasteiger partial charge is 0.322 e. The molecule has 0 radical (unpaired) electrons. The number of carbonyl (C=O) groups is 1. The van der Waals surface area contributed by atoms with Gasteiger partial charge in [-0.1, -0.05) is 11.6 Å². The quantitative estimate of drug-likeness (QED) is 0.591. The van der Waals surface area contributed by atoms with Gasteiger partial charge in [0.15, 0.2) is 0 Å².